The lowest BCUT2D eigenvalue weighted by atomic mass is 10.1. The molecular weight excluding hydrogens is 250 g/mol. The number of nitrogens with zero attached hydrogens (tertiary/aromatic N) is 1. The zero-order valence-electron chi connectivity index (χ0n) is 10.3. The maximum atomic E-state index is 11.1. The molecule has 0 amide bonds. The molecular formula is C14H14ClNO2. The van der Waals surface area contributed by atoms with E-state index in [1.54, 1.807) is 16.7 Å². The van der Waals surface area contributed by atoms with E-state index in [1.807, 2.05) is 32.0 Å². The highest BCUT2D eigenvalue weighted by Gasteiger charge is 2.16. The Balaban J connectivity index is 2.65. The number of carboxylic acid groups (broad SMARTS) is 1. The standard InChI is InChI=1S/C14H14ClNO2/c1-3-16-11(7-8-12(16)14(17)18)10-6-4-5-9(2)13(10)15/h4-8H,3H2,1-2H3,(H,17,18). The molecule has 0 spiro atoms. The summed E-state index contributed by atoms with van der Waals surface area (Å²) in [4.78, 5) is 11.1. The van der Waals surface area contributed by atoms with Gasteiger partial charge in [0.15, 0.2) is 0 Å². The van der Waals surface area contributed by atoms with E-state index in [-0.39, 0.29) is 5.69 Å². The van der Waals surface area contributed by atoms with Gasteiger partial charge < -0.3 is 9.67 Å². The van der Waals surface area contributed by atoms with E-state index in [2.05, 4.69) is 0 Å². The van der Waals surface area contributed by atoms with Gasteiger partial charge in [-0.3, -0.25) is 0 Å². The summed E-state index contributed by atoms with van der Waals surface area (Å²) >= 11 is 6.28. The number of hydrogen-bond donors (Lipinski definition) is 1. The van der Waals surface area contributed by atoms with Gasteiger partial charge in [-0.25, -0.2) is 4.79 Å². The predicted octanol–water partition coefficient (Wildman–Crippen LogP) is 3.84. The van der Waals surface area contributed by atoms with Crippen LogP contribution in [0.5, 0.6) is 0 Å². The van der Waals surface area contributed by atoms with Gasteiger partial charge in [-0.2, -0.15) is 0 Å². The van der Waals surface area contributed by atoms with Crippen LogP contribution in [0.2, 0.25) is 5.02 Å². The Hall–Kier alpha value is -1.74. The van der Waals surface area contributed by atoms with Crippen LogP contribution in [0.1, 0.15) is 23.0 Å². The zero-order chi connectivity index (χ0) is 13.3. The summed E-state index contributed by atoms with van der Waals surface area (Å²) < 4.78 is 1.75. The Morgan fingerprint density at radius 1 is 1.33 bits per heavy atom. The van der Waals surface area contributed by atoms with Gasteiger partial charge in [-0.05, 0) is 31.5 Å². The normalized spacial score (nSPS) is 10.6. The average molecular weight is 264 g/mol. The lowest BCUT2D eigenvalue weighted by molar-refractivity contribution is 0.0685. The maximum absolute atomic E-state index is 11.1. The molecule has 0 unspecified atom stereocenters. The minimum atomic E-state index is -0.924. The van der Waals surface area contributed by atoms with Crippen LogP contribution in [0.4, 0.5) is 0 Å². The summed E-state index contributed by atoms with van der Waals surface area (Å²) in [6.45, 7) is 4.44. The highest BCUT2D eigenvalue weighted by atomic mass is 35.5. The van der Waals surface area contributed by atoms with Crippen molar-refractivity contribution < 1.29 is 9.90 Å². The van der Waals surface area contributed by atoms with E-state index in [0.29, 0.717) is 11.6 Å². The third-order valence-corrected chi connectivity index (χ3v) is 3.49. The van der Waals surface area contributed by atoms with Crippen LogP contribution in [0.15, 0.2) is 30.3 Å². The molecule has 0 bridgehead atoms. The molecule has 1 N–H and O–H groups in total. The fourth-order valence-corrected chi connectivity index (χ4v) is 2.30. The summed E-state index contributed by atoms with van der Waals surface area (Å²) in [5.41, 5.74) is 2.97. The van der Waals surface area contributed by atoms with Gasteiger partial charge in [0.1, 0.15) is 5.69 Å². The second kappa shape index (κ2) is 4.86. The lowest BCUT2D eigenvalue weighted by Gasteiger charge is -2.11. The largest absolute Gasteiger partial charge is 0.477 e. The van der Waals surface area contributed by atoms with Crippen molar-refractivity contribution in [1.82, 2.24) is 4.57 Å². The van der Waals surface area contributed by atoms with E-state index < -0.39 is 5.97 Å². The first-order chi connectivity index (χ1) is 8.56. The molecule has 0 aliphatic heterocycles. The molecule has 1 heterocycles. The topological polar surface area (TPSA) is 42.2 Å². The molecule has 1 aromatic heterocycles. The van der Waals surface area contributed by atoms with Crippen molar-refractivity contribution in [2.45, 2.75) is 20.4 Å². The Morgan fingerprint density at radius 2 is 2.06 bits per heavy atom. The van der Waals surface area contributed by atoms with E-state index in [1.165, 1.54) is 0 Å². The first-order valence-electron chi connectivity index (χ1n) is 5.74. The van der Waals surface area contributed by atoms with Crippen molar-refractivity contribution in [1.29, 1.82) is 0 Å². The minimum absolute atomic E-state index is 0.282. The highest BCUT2D eigenvalue weighted by molar-refractivity contribution is 6.34. The summed E-state index contributed by atoms with van der Waals surface area (Å²) in [6, 6.07) is 9.17. The van der Waals surface area contributed by atoms with Crippen LogP contribution in [0.3, 0.4) is 0 Å². The molecule has 18 heavy (non-hydrogen) atoms. The molecule has 0 atom stereocenters. The third kappa shape index (κ3) is 2.02. The summed E-state index contributed by atoms with van der Waals surface area (Å²) in [5, 5.41) is 9.80. The van der Waals surface area contributed by atoms with Gasteiger partial charge in [-0.1, -0.05) is 29.8 Å². The van der Waals surface area contributed by atoms with Crippen LogP contribution in [-0.4, -0.2) is 15.6 Å². The number of halogens is 1. The molecule has 2 rings (SSSR count). The zero-order valence-corrected chi connectivity index (χ0v) is 11.0. The number of hydrogen-bond acceptors (Lipinski definition) is 1. The molecule has 1 aromatic carbocycles. The summed E-state index contributed by atoms with van der Waals surface area (Å²) in [7, 11) is 0. The van der Waals surface area contributed by atoms with Crippen molar-refractivity contribution >= 4 is 17.6 Å². The average Bonchev–Trinajstić information content (AvgIpc) is 2.76. The van der Waals surface area contributed by atoms with E-state index in [4.69, 9.17) is 16.7 Å². The Bertz CT molecular complexity index is 602. The van der Waals surface area contributed by atoms with Crippen LogP contribution >= 0.6 is 11.6 Å². The molecule has 4 heteroatoms. The molecule has 3 nitrogen and oxygen atoms in total. The van der Waals surface area contributed by atoms with Gasteiger partial charge in [0, 0.05) is 12.1 Å². The maximum Gasteiger partial charge on any atom is 0.352 e. The van der Waals surface area contributed by atoms with Gasteiger partial charge in [0.25, 0.3) is 0 Å². The number of benzene rings is 1. The molecule has 0 saturated carbocycles. The molecule has 0 aliphatic rings. The lowest BCUT2D eigenvalue weighted by Crippen LogP contribution is -2.08. The van der Waals surface area contributed by atoms with Gasteiger partial charge in [0.2, 0.25) is 0 Å². The molecule has 0 fully saturated rings. The van der Waals surface area contributed by atoms with Crippen LogP contribution in [0, 0.1) is 6.92 Å². The number of rotatable bonds is 3. The number of carboxylic acids is 1. The fraction of sp³-hybridized carbons (Fsp3) is 0.214. The summed E-state index contributed by atoms with van der Waals surface area (Å²) in [6.07, 6.45) is 0. The first kappa shape index (κ1) is 12.7. The first-order valence-corrected chi connectivity index (χ1v) is 6.12. The molecule has 0 saturated heterocycles. The van der Waals surface area contributed by atoms with E-state index in [9.17, 15) is 4.79 Å². The van der Waals surface area contributed by atoms with Crippen molar-refractivity contribution in [3.05, 3.63) is 46.6 Å². The van der Waals surface area contributed by atoms with E-state index >= 15 is 0 Å². The Morgan fingerprint density at radius 3 is 2.67 bits per heavy atom. The van der Waals surface area contributed by atoms with Gasteiger partial charge in [0.05, 0.1) is 10.7 Å². The summed E-state index contributed by atoms with van der Waals surface area (Å²) in [5.74, 6) is -0.924. The van der Waals surface area contributed by atoms with Crippen molar-refractivity contribution in [3.8, 4) is 11.3 Å². The SMILES string of the molecule is CCn1c(C(=O)O)ccc1-c1cccc(C)c1Cl. The predicted molar refractivity (Wildman–Crippen MR) is 72.2 cm³/mol. The van der Waals surface area contributed by atoms with Gasteiger partial charge >= 0.3 is 5.97 Å². The number of aromatic carboxylic acids is 1. The smallest absolute Gasteiger partial charge is 0.352 e. The monoisotopic (exact) mass is 263 g/mol. The number of aromatic nitrogens is 1. The second-order valence-electron chi connectivity index (χ2n) is 4.09. The molecule has 94 valence electrons. The van der Waals surface area contributed by atoms with Crippen molar-refractivity contribution in [2.24, 2.45) is 0 Å². The fourth-order valence-electron chi connectivity index (χ4n) is 2.08. The molecule has 0 radical (unpaired) electrons. The molecule has 2 aromatic rings. The van der Waals surface area contributed by atoms with Crippen molar-refractivity contribution in [3.63, 3.8) is 0 Å². The highest BCUT2D eigenvalue weighted by Crippen LogP contribution is 2.31. The number of aryl methyl sites for hydroxylation is 1. The minimum Gasteiger partial charge on any atom is -0.477 e. The van der Waals surface area contributed by atoms with Crippen molar-refractivity contribution in [2.75, 3.05) is 0 Å². The van der Waals surface area contributed by atoms with Crippen LogP contribution in [0.25, 0.3) is 11.3 Å². The van der Waals surface area contributed by atoms with Crippen LogP contribution < -0.4 is 0 Å². The van der Waals surface area contributed by atoms with E-state index in [0.717, 1.165) is 16.8 Å². The second-order valence-corrected chi connectivity index (χ2v) is 4.47. The van der Waals surface area contributed by atoms with Crippen LogP contribution in [-0.2, 0) is 6.54 Å². The Labute approximate surface area is 111 Å². The van der Waals surface area contributed by atoms with Gasteiger partial charge in [-0.15, -0.1) is 0 Å². The quantitative estimate of drug-likeness (QED) is 0.914. The number of carbonyl (C=O) groups is 1. The Kier molecular flexibility index (Phi) is 3.43. The third-order valence-electron chi connectivity index (χ3n) is 2.98. The molecule has 0 aliphatic carbocycles.